The van der Waals surface area contributed by atoms with Crippen LogP contribution in [-0.2, 0) is 4.74 Å². The Morgan fingerprint density at radius 3 is 2.56 bits per heavy atom. The van der Waals surface area contributed by atoms with Crippen LogP contribution in [0.15, 0.2) is 24.3 Å². The van der Waals surface area contributed by atoms with Crippen molar-refractivity contribution in [1.29, 1.82) is 0 Å². The van der Waals surface area contributed by atoms with Crippen LogP contribution in [0.4, 0.5) is 5.00 Å². The van der Waals surface area contributed by atoms with Crippen molar-refractivity contribution in [3.63, 3.8) is 0 Å². The molecular formula is C17H17ClN2O4S. The Labute approximate surface area is 154 Å². The van der Waals surface area contributed by atoms with Crippen LogP contribution in [-0.4, -0.2) is 31.4 Å². The highest BCUT2D eigenvalue weighted by Crippen LogP contribution is 2.34. The Morgan fingerprint density at radius 2 is 1.96 bits per heavy atom. The number of halogens is 1. The summed E-state index contributed by atoms with van der Waals surface area (Å²) in [6.45, 7) is 3.56. The lowest BCUT2D eigenvalue weighted by Crippen LogP contribution is -2.21. The van der Waals surface area contributed by atoms with Gasteiger partial charge in [-0.1, -0.05) is 17.7 Å². The third-order valence-electron chi connectivity index (χ3n) is 3.38. The molecule has 1 aromatic heterocycles. The molecule has 0 spiro atoms. The number of hydrogen-bond acceptors (Lipinski definition) is 5. The molecule has 2 aromatic rings. The number of anilines is 1. The molecule has 8 heteroatoms. The molecule has 0 fully saturated rings. The Bertz CT molecular complexity index is 832. The Hall–Kier alpha value is -2.38. The van der Waals surface area contributed by atoms with Gasteiger partial charge in [0.15, 0.2) is 0 Å². The van der Waals surface area contributed by atoms with Crippen LogP contribution in [0, 0.1) is 6.92 Å². The molecule has 0 aliphatic rings. The number of ether oxygens (including phenoxy) is 1. The van der Waals surface area contributed by atoms with Gasteiger partial charge in [0, 0.05) is 17.6 Å². The molecule has 0 aliphatic carbocycles. The Balaban J connectivity index is 2.41. The molecule has 0 saturated heterocycles. The fourth-order valence-electron chi connectivity index (χ4n) is 2.20. The molecule has 2 rings (SSSR count). The van der Waals surface area contributed by atoms with Gasteiger partial charge < -0.3 is 15.4 Å². The minimum atomic E-state index is -0.529. The minimum absolute atomic E-state index is 0.218. The second kappa shape index (κ2) is 8.13. The predicted octanol–water partition coefficient (Wildman–Crippen LogP) is 3.50. The van der Waals surface area contributed by atoms with Gasteiger partial charge >= 0.3 is 5.97 Å². The first-order valence-corrected chi connectivity index (χ1v) is 8.68. The van der Waals surface area contributed by atoms with Gasteiger partial charge in [0.1, 0.15) is 9.88 Å². The molecule has 1 heterocycles. The van der Waals surface area contributed by atoms with E-state index in [0.717, 1.165) is 11.3 Å². The summed E-state index contributed by atoms with van der Waals surface area (Å²) in [5.74, 6) is -1.35. The van der Waals surface area contributed by atoms with Crippen molar-refractivity contribution >= 4 is 45.7 Å². The van der Waals surface area contributed by atoms with Crippen LogP contribution >= 0.6 is 22.9 Å². The number of hydrogen-bond donors (Lipinski definition) is 2. The highest BCUT2D eigenvalue weighted by Gasteiger charge is 2.26. The van der Waals surface area contributed by atoms with E-state index in [4.69, 9.17) is 16.3 Å². The normalized spacial score (nSPS) is 10.2. The van der Waals surface area contributed by atoms with Gasteiger partial charge in [-0.3, -0.25) is 9.59 Å². The van der Waals surface area contributed by atoms with Crippen molar-refractivity contribution in [2.45, 2.75) is 13.8 Å². The van der Waals surface area contributed by atoms with Crippen molar-refractivity contribution in [2.24, 2.45) is 0 Å². The first-order chi connectivity index (χ1) is 11.9. The number of rotatable bonds is 5. The molecule has 0 atom stereocenters. The van der Waals surface area contributed by atoms with Gasteiger partial charge in [0.05, 0.1) is 12.2 Å². The maximum Gasteiger partial charge on any atom is 0.348 e. The van der Waals surface area contributed by atoms with E-state index in [-0.39, 0.29) is 22.0 Å². The Morgan fingerprint density at radius 1 is 1.24 bits per heavy atom. The number of thiophene rings is 1. The zero-order valence-electron chi connectivity index (χ0n) is 13.9. The van der Waals surface area contributed by atoms with Crippen LogP contribution in [0.5, 0.6) is 0 Å². The van der Waals surface area contributed by atoms with Crippen LogP contribution in [0.1, 0.15) is 42.9 Å². The fraction of sp³-hybridized carbons (Fsp3) is 0.235. The smallest absolute Gasteiger partial charge is 0.348 e. The van der Waals surface area contributed by atoms with Crippen LogP contribution in [0.3, 0.4) is 0 Å². The van der Waals surface area contributed by atoms with E-state index in [0.29, 0.717) is 16.1 Å². The number of nitrogens with one attached hydrogen (secondary N) is 2. The number of esters is 1. The molecule has 0 radical (unpaired) electrons. The standard InChI is InChI=1S/C17H17ClN2O4S/c1-4-24-17(23)13-9(2)12(15(22)19-3)16(25-13)20-14(21)10-6-5-7-11(18)8-10/h5-8H,4H2,1-3H3,(H,19,22)(H,20,21). The minimum Gasteiger partial charge on any atom is -0.462 e. The van der Waals surface area contributed by atoms with Gasteiger partial charge in [0.2, 0.25) is 0 Å². The average molecular weight is 381 g/mol. The lowest BCUT2D eigenvalue weighted by molar-refractivity contribution is 0.0531. The van der Waals surface area contributed by atoms with E-state index < -0.39 is 17.8 Å². The highest BCUT2D eigenvalue weighted by atomic mass is 35.5. The number of benzene rings is 1. The van der Waals surface area contributed by atoms with Crippen LogP contribution in [0.2, 0.25) is 5.02 Å². The van der Waals surface area contributed by atoms with Gasteiger partial charge in [-0.2, -0.15) is 0 Å². The summed E-state index contributed by atoms with van der Waals surface area (Å²) in [6, 6.07) is 6.43. The number of carbonyl (C=O) groups excluding carboxylic acids is 3. The summed E-state index contributed by atoms with van der Waals surface area (Å²) < 4.78 is 5.01. The van der Waals surface area contributed by atoms with E-state index in [9.17, 15) is 14.4 Å². The fourth-order valence-corrected chi connectivity index (χ4v) is 3.48. The van der Waals surface area contributed by atoms with Crippen molar-refractivity contribution in [3.8, 4) is 0 Å². The highest BCUT2D eigenvalue weighted by molar-refractivity contribution is 7.18. The molecule has 0 bridgehead atoms. The number of carbonyl (C=O) groups is 3. The molecule has 2 N–H and O–H groups in total. The van der Waals surface area contributed by atoms with Crippen molar-refractivity contribution in [2.75, 3.05) is 19.0 Å². The van der Waals surface area contributed by atoms with Crippen molar-refractivity contribution < 1.29 is 19.1 Å². The monoisotopic (exact) mass is 380 g/mol. The summed E-state index contributed by atoms with van der Waals surface area (Å²) in [5.41, 5.74) is 1.05. The molecule has 132 valence electrons. The van der Waals surface area contributed by atoms with E-state index in [1.165, 1.54) is 13.1 Å². The first kappa shape index (κ1) is 19.0. The topological polar surface area (TPSA) is 84.5 Å². The van der Waals surface area contributed by atoms with Crippen molar-refractivity contribution in [3.05, 3.63) is 50.9 Å². The van der Waals surface area contributed by atoms with E-state index in [1.807, 2.05) is 0 Å². The lowest BCUT2D eigenvalue weighted by Gasteiger charge is -2.07. The zero-order chi connectivity index (χ0) is 18.6. The number of amides is 2. The van der Waals surface area contributed by atoms with E-state index in [2.05, 4.69) is 10.6 Å². The molecule has 2 amide bonds. The summed E-state index contributed by atoms with van der Waals surface area (Å²) in [5, 5.41) is 5.90. The maximum atomic E-state index is 12.4. The molecule has 1 aromatic carbocycles. The Kier molecular flexibility index (Phi) is 6.17. The third kappa shape index (κ3) is 4.18. The van der Waals surface area contributed by atoms with Gasteiger partial charge in [-0.05, 0) is 37.6 Å². The predicted molar refractivity (Wildman–Crippen MR) is 97.8 cm³/mol. The molecular weight excluding hydrogens is 364 g/mol. The van der Waals surface area contributed by atoms with E-state index >= 15 is 0 Å². The third-order valence-corrected chi connectivity index (χ3v) is 4.80. The maximum absolute atomic E-state index is 12.4. The lowest BCUT2D eigenvalue weighted by atomic mass is 10.1. The summed E-state index contributed by atoms with van der Waals surface area (Å²) in [6.07, 6.45) is 0. The van der Waals surface area contributed by atoms with Gasteiger partial charge in [0.25, 0.3) is 11.8 Å². The molecule has 0 saturated carbocycles. The average Bonchev–Trinajstić information content (AvgIpc) is 2.90. The zero-order valence-corrected chi connectivity index (χ0v) is 15.5. The second-order valence-electron chi connectivity index (χ2n) is 5.02. The van der Waals surface area contributed by atoms with Gasteiger partial charge in [-0.25, -0.2) is 4.79 Å². The molecule has 6 nitrogen and oxygen atoms in total. The van der Waals surface area contributed by atoms with Gasteiger partial charge in [-0.15, -0.1) is 11.3 Å². The largest absolute Gasteiger partial charge is 0.462 e. The molecule has 25 heavy (non-hydrogen) atoms. The summed E-state index contributed by atoms with van der Waals surface area (Å²) >= 11 is 6.90. The van der Waals surface area contributed by atoms with E-state index in [1.54, 1.807) is 32.0 Å². The quantitative estimate of drug-likeness (QED) is 0.777. The first-order valence-electron chi connectivity index (χ1n) is 7.48. The van der Waals surface area contributed by atoms with Crippen LogP contribution < -0.4 is 10.6 Å². The summed E-state index contributed by atoms with van der Waals surface area (Å²) in [7, 11) is 1.48. The second-order valence-corrected chi connectivity index (χ2v) is 6.48. The summed E-state index contributed by atoms with van der Waals surface area (Å²) in [4.78, 5) is 37.0. The molecule has 0 unspecified atom stereocenters. The molecule has 0 aliphatic heterocycles. The SMILES string of the molecule is CCOC(=O)c1sc(NC(=O)c2cccc(Cl)c2)c(C(=O)NC)c1C. The van der Waals surface area contributed by atoms with Crippen molar-refractivity contribution in [1.82, 2.24) is 5.32 Å². The van der Waals surface area contributed by atoms with Crippen LogP contribution in [0.25, 0.3) is 0 Å².